The van der Waals surface area contributed by atoms with Crippen LogP contribution in [0.25, 0.3) is 0 Å². The first-order valence-corrected chi connectivity index (χ1v) is 11.4. The van der Waals surface area contributed by atoms with Crippen molar-refractivity contribution in [3.8, 4) is 5.75 Å². The highest BCUT2D eigenvalue weighted by molar-refractivity contribution is 6.17. The summed E-state index contributed by atoms with van der Waals surface area (Å²) < 4.78 is 47.4. The summed E-state index contributed by atoms with van der Waals surface area (Å²) in [6, 6.07) is 5.84. The molecule has 2 heterocycles. The number of fused-ring (bicyclic) bond motifs is 1. The van der Waals surface area contributed by atoms with Crippen molar-refractivity contribution >= 4 is 23.6 Å². The van der Waals surface area contributed by atoms with Gasteiger partial charge in [0.1, 0.15) is 11.5 Å². The minimum absolute atomic E-state index is 0.0767. The van der Waals surface area contributed by atoms with Crippen LogP contribution < -0.4 is 10.1 Å². The summed E-state index contributed by atoms with van der Waals surface area (Å²) in [4.78, 5) is 23.8. The zero-order valence-electron chi connectivity index (χ0n) is 19.6. The minimum atomic E-state index is -1.55. The van der Waals surface area contributed by atoms with Crippen molar-refractivity contribution in [2.75, 3.05) is 18.9 Å². The fraction of sp³-hybridized carbons (Fsp3) is 0.320. The average molecular weight is 499 g/mol. The van der Waals surface area contributed by atoms with Crippen LogP contribution in [0.4, 0.5) is 23.7 Å². The number of amides is 2. The van der Waals surface area contributed by atoms with Crippen molar-refractivity contribution in [3.05, 3.63) is 71.2 Å². The van der Waals surface area contributed by atoms with Gasteiger partial charge in [0.25, 0.3) is 0 Å². The van der Waals surface area contributed by atoms with Crippen molar-refractivity contribution in [1.82, 2.24) is 9.80 Å². The quantitative estimate of drug-likeness (QED) is 0.473. The second-order valence-corrected chi connectivity index (χ2v) is 9.09. The first-order chi connectivity index (χ1) is 17.1. The number of ether oxygens (including phenoxy) is 1. The maximum absolute atomic E-state index is 14.0. The molecule has 1 unspecified atom stereocenters. The predicted octanol–water partition coefficient (Wildman–Crippen LogP) is 4.32. The van der Waals surface area contributed by atoms with Crippen LogP contribution in [0.3, 0.4) is 0 Å². The normalized spacial score (nSPS) is 23.1. The number of carbonyl (C=O) groups excluding carboxylic acids is 1. The molecular weight excluding hydrogens is 475 g/mol. The van der Waals surface area contributed by atoms with E-state index in [0.717, 1.165) is 17.7 Å². The monoisotopic (exact) mass is 499 g/mol. The van der Waals surface area contributed by atoms with Gasteiger partial charge in [0, 0.05) is 24.7 Å². The Balaban J connectivity index is 1.44. The number of nitrogens with one attached hydrogen (secondary N) is 1. The van der Waals surface area contributed by atoms with E-state index < -0.39 is 29.5 Å². The average Bonchev–Trinajstić information content (AvgIpc) is 3.26. The van der Waals surface area contributed by atoms with E-state index in [2.05, 4.69) is 21.9 Å². The van der Waals surface area contributed by atoms with Gasteiger partial charge in [-0.05, 0) is 49.1 Å². The van der Waals surface area contributed by atoms with E-state index in [4.69, 9.17) is 4.74 Å². The molecule has 0 radical (unpaired) electrons. The van der Waals surface area contributed by atoms with Crippen molar-refractivity contribution in [3.63, 3.8) is 0 Å². The molecule has 2 aromatic rings. The number of hydrogen-bond donors (Lipinski definition) is 2. The molecule has 5 rings (SSSR count). The molecular formula is C25H24F3N5O3. The summed E-state index contributed by atoms with van der Waals surface area (Å²) in [7, 11) is 1.49. The highest BCUT2D eigenvalue weighted by Gasteiger charge is 2.41. The van der Waals surface area contributed by atoms with E-state index >= 15 is 0 Å². The number of aliphatic hydroxyl groups is 1. The first kappa shape index (κ1) is 23.9. The van der Waals surface area contributed by atoms with E-state index in [-0.39, 0.29) is 36.0 Å². The molecule has 0 saturated heterocycles. The van der Waals surface area contributed by atoms with E-state index in [1.165, 1.54) is 11.9 Å². The number of aryl methyl sites for hydroxylation is 1. The van der Waals surface area contributed by atoms with Gasteiger partial charge in [-0.3, -0.25) is 9.80 Å². The summed E-state index contributed by atoms with van der Waals surface area (Å²) in [5.74, 6) is -2.70. The highest BCUT2D eigenvalue weighted by Crippen LogP contribution is 2.36. The van der Waals surface area contributed by atoms with Crippen molar-refractivity contribution in [2.24, 2.45) is 15.9 Å². The molecule has 0 spiro atoms. The molecule has 36 heavy (non-hydrogen) atoms. The Kier molecular flexibility index (Phi) is 5.95. The first-order valence-electron chi connectivity index (χ1n) is 11.4. The molecule has 11 heteroatoms. The molecule has 1 fully saturated rings. The molecule has 1 saturated carbocycles. The summed E-state index contributed by atoms with van der Waals surface area (Å²) in [6.45, 7) is 5.89. The van der Waals surface area contributed by atoms with Gasteiger partial charge < -0.3 is 15.2 Å². The molecule has 0 bridgehead atoms. The fourth-order valence-electron chi connectivity index (χ4n) is 4.40. The third-order valence-corrected chi connectivity index (χ3v) is 6.61. The van der Waals surface area contributed by atoms with Crippen LogP contribution in [0.1, 0.15) is 30.0 Å². The Hall–Kier alpha value is -3.86. The summed E-state index contributed by atoms with van der Waals surface area (Å²) in [5, 5.41) is 12.7. The van der Waals surface area contributed by atoms with Gasteiger partial charge in [-0.25, -0.2) is 23.0 Å². The zero-order valence-corrected chi connectivity index (χ0v) is 19.6. The number of rotatable bonds is 5. The van der Waals surface area contributed by atoms with Gasteiger partial charge in [0.15, 0.2) is 17.5 Å². The number of carbonyl (C=O) groups is 1. The topological polar surface area (TPSA) is 89.8 Å². The Bertz CT molecular complexity index is 1300. The summed E-state index contributed by atoms with van der Waals surface area (Å²) >= 11 is 0. The van der Waals surface area contributed by atoms with Gasteiger partial charge in [0.2, 0.25) is 11.9 Å². The Labute approximate surface area is 205 Å². The van der Waals surface area contributed by atoms with E-state index in [1.54, 1.807) is 17.0 Å². The van der Waals surface area contributed by atoms with Crippen LogP contribution in [0.5, 0.6) is 5.75 Å². The van der Waals surface area contributed by atoms with Crippen LogP contribution in [-0.2, 0) is 0 Å². The zero-order chi connectivity index (χ0) is 25.7. The largest absolute Gasteiger partial charge is 0.462 e. The molecule has 1 atom stereocenters. The van der Waals surface area contributed by atoms with Gasteiger partial charge in [0.05, 0.1) is 18.7 Å². The molecule has 3 aliphatic rings. The van der Waals surface area contributed by atoms with Crippen molar-refractivity contribution in [2.45, 2.75) is 31.9 Å². The van der Waals surface area contributed by atoms with Crippen LogP contribution in [-0.4, -0.2) is 52.6 Å². The molecule has 188 valence electrons. The Morgan fingerprint density at radius 3 is 2.56 bits per heavy atom. The number of aliphatic hydroxyl groups excluding tert-OH is 1. The number of allylic oxidation sites excluding steroid dienone is 1. The van der Waals surface area contributed by atoms with Gasteiger partial charge in [-0.2, -0.15) is 4.99 Å². The number of nitrogens with zero attached hydrogens (tertiary/aromatic N) is 4. The molecule has 2 amide bonds. The second-order valence-electron chi connectivity index (χ2n) is 9.09. The van der Waals surface area contributed by atoms with E-state index in [1.807, 2.05) is 13.0 Å². The maximum Gasteiger partial charge on any atom is 0.353 e. The third kappa shape index (κ3) is 4.19. The lowest BCUT2D eigenvalue weighted by atomic mass is 9.81. The molecule has 1 aliphatic carbocycles. The van der Waals surface area contributed by atoms with E-state index in [9.17, 15) is 23.1 Å². The number of halogens is 3. The lowest BCUT2D eigenvalue weighted by molar-refractivity contribution is 0.0437. The Morgan fingerprint density at radius 1 is 1.19 bits per heavy atom. The molecule has 2 aliphatic heterocycles. The van der Waals surface area contributed by atoms with Crippen LogP contribution in [0, 0.1) is 30.3 Å². The van der Waals surface area contributed by atoms with E-state index in [0.29, 0.717) is 30.0 Å². The van der Waals surface area contributed by atoms with Gasteiger partial charge in [-0.1, -0.05) is 12.6 Å². The third-order valence-electron chi connectivity index (χ3n) is 6.61. The molecule has 2 aromatic carbocycles. The smallest absolute Gasteiger partial charge is 0.353 e. The molecule has 2 N–H and O–H groups in total. The Morgan fingerprint density at radius 2 is 1.89 bits per heavy atom. The second kappa shape index (κ2) is 8.98. The lowest BCUT2D eigenvalue weighted by Gasteiger charge is -2.35. The van der Waals surface area contributed by atoms with Crippen LogP contribution in [0.15, 0.2) is 52.7 Å². The van der Waals surface area contributed by atoms with Gasteiger partial charge in [-0.15, -0.1) is 0 Å². The van der Waals surface area contributed by atoms with Gasteiger partial charge >= 0.3 is 6.03 Å². The molecule has 8 nitrogen and oxygen atoms in total. The number of anilines is 1. The predicted molar refractivity (Wildman–Crippen MR) is 127 cm³/mol. The number of benzene rings is 2. The van der Waals surface area contributed by atoms with Crippen LogP contribution >= 0.6 is 0 Å². The number of aliphatic imine (C=N–C) groups is 2. The summed E-state index contributed by atoms with van der Waals surface area (Å²) in [6.07, 6.45) is 0.870. The number of guanidine groups is 2. The number of hydrogen-bond acceptors (Lipinski definition) is 6. The fourth-order valence-corrected chi connectivity index (χ4v) is 4.40. The van der Waals surface area contributed by atoms with Crippen LogP contribution in [0.2, 0.25) is 0 Å². The van der Waals surface area contributed by atoms with Crippen molar-refractivity contribution < 1.29 is 27.8 Å². The summed E-state index contributed by atoms with van der Waals surface area (Å²) in [5.41, 5.74) is 1.54. The molecule has 0 aromatic heterocycles. The lowest BCUT2D eigenvalue weighted by Crippen LogP contribution is -2.53. The highest BCUT2D eigenvalue weighted by atomic mass is 19.2. The SMILES string of the molecule is C=C(Oc1ccc(C)c(NC2=NC(=O)N(C)C3=NCC(c4cc(F)c(F)c(F)c4)N23)c1)[C@H]1C[C@H](O)C1. The standard InChI is InChI=1S/C25H24F3N5O3/c1-12-4-5-17(36-13(2)14-6-16(34)7-14)10-20(12)30-23-31-25(35)32(3)24-29-11-21(33(23)24)15-8-18(26)22(28)19(27)9-15/h4-5,8-10,14,16,21,34H,2,6-7,11H2,1,3H3,(H,30,31,35)/t14-,16-,21?. The maximum atomic E-state index is 14.0. The van der Waals surface area contributed by atoms with Crippen molar-refractivity contribution in [1.29, 1.82) is 0 Å². The number of urea groups is 1. The minimum Gasteiger partial charge on any atom is -0.462 e.